The third kappa shape index (κ3) is 10.8. The molecule has 5 aliphatic heterocycles. The van der Waals surface area contributed by atoms with Crippen LogP contribution in [0.5, 0.6) is 11.8 Å². The fourth-order valence-corrected chi connectivity index (χ4v) is 13.7. The number of anilines is 1. The summed E-state index contributed by atoms with van der Waals surface area (Å²) in [5.74, 6) is 0.189. The van der Waals surface area contributed by atoms with Gasteiger partial charge < -0.3 is 45.4 Å². The number of amides is 3. The van der Waals surface area contributed by atoms with Gasteiger partial charge in [-0.25, -0.2) is 13.8 Å². The first-order valence-electron chi connectivity index (χ1n) is 27.7. The third-order valence-electron chi connectivity index (χ3n) is 16.7. The molecule has 80 heavy (non-hydrogen) atoms. The van der Waals surface area contributed by atoms with Crippen LogP contribution in [0.1, 0.15) is 102 Å². The molecule has 420 valence electrons. The maximum atomic E-state index is 17.3. The number of aliphatic hydroxyl groups excluding tert-OH is 2. The van der Waals surface area contributed by atoms with E-state index in [1.807, 2.05) is 33.8 Å². The number of likely N-dealkylation sites (tertiary alicyclic amines) is 3. The van der Waals surface area contributed by atoms with E-state index < -0.39 is 59.7 Å². The molecule has 5 N–H and O–H groups in total. The van der Waals surface area contributed by atoms with E-state index in [1.54, 1.807) is 22.7 Å². The number of piperazine rings is 1. The van der Waals surface area contributed by atoms with Crippen molar-refractivity contribution in [3.63, 3.8) is 0 Å². The number of fused-ring (bicyclic) bond motifs is 4. The molecule has 0 radical (unpaired) electrons. The predicted molar refractivity (Wildman–Crippen MR) is 299 cm³/mol. The molecule has 5 saturated heterocycles. The number of benzene rings is 2. The normalized spacial score (nSPS) is 23.1. The monoisotopic (exact) mass is 1110 g/mol. The zero-order chi connectivity index (χ0) is 56.1. The largest absolute Gasteiger partial charge is 0.508 e. The van der Waals surface area contributed by atoms with Crippen LogP contribution in [-0.4, -0.2) is 161 Å². The average molecular weight is 1110 g/mol. The van der Waals surface area contributed by atoms with Gasteiger partial charge in [-0.1, -0.05) is 38.8 Å². The van der Waals surface area contributed by atoms with E-state index in [4.69, 9.17) is 16.1 Å². The number of aromatic hydroxyl groups is 1. The van der Waals surface area contributed by atoms with E-state index in [0.717, 1.165) is 48.4 Å². The van der Waals surface area contributed by atoms with Crippen LogP contribution in [0, 0.1) is 36.3 Å². The predicted octanol–water partition coefficient (Wildman–Crippen LogP) is 6.42. The Kier molecular flexibility index (Phi) is 15.5. The van der Waals surface area contributed by atoms with Crippen LogP contribution in [0.15, 0.2) is 54.3 Å². The standard InChI is InChI=1S/C59H67F2N11O7S/c1-6-41-44(60)16-11-33-21-39(74)22-42(49(33)41)51-50(61)52-43(25-63-51)55(70-26-35-13-14-36(27-70)65-35)68-58(67-52)79-30-38-10-8-20-69(38)19-7-9-37-15-18-48(76)72(37)54(59(3,4)5)57(78)71-28-40(75)23-47(71)56(77)66-46(29-73)45-17-12-34(24-62-45)53-32(2)64-31-80-53/h1,11-12,16-17,21-22,24-25,31,35-38,40,46-47,54,65,73-75H,7-10,13-15,18-20,23,26-30H2,2-5H3,(H,66,77)/t35-,36?,37+,38+,40-,46+,47+,54-/m1/s1. The summed E-state index contributed by atoms with van der Waals surface area (Å²) >= 11 is 1.49. The van der Waals surface area contributed by atoms with Gasteiger partial charge in [0, 0.05) is 85.6 Å². The SMILES string of the molecule is C#Cc1c(F)ccc2cc(O)cc(-c3ncc4c(N5CC6CC[C@H](C5)N6)nc(OC[C@@H]5CCCN5CCC[C@H]5CCC(=O)N5[C@H](C(=O)N5C[C@H](O)C[C@H]5C(=O)N[C@@H](CO)c5ccc(-c6scnc6C)cn5)C(C)(C)C)nc4c3F)c12. The van der Waals surface area contributed by atoms with Crippen molar-refractivity contribution in [2.75, 3.05) is 50.8 Å². The molecule has 18 nitrogen and oxygen atoms in total. The van der Waals surface area contributed by atoms with Gasteiger partial charge in [0.2, 0.25) is 17.7 Å². The van der Waals surface area contributed by atoms with Crippen molar-refractivity contribution in [3.8, 4) is 45.8 Å². The molecule has 11 rings (SSSR count). The van der Waals surface area contributed by atoms with Crippen molar-refractivity contribution in [3.05, 3.63) is 82.9 Å². The number of nitrogens with one attached hydrogen (secondary N) is 2. The topological polar surface area (TPSA) is 223 Å². The first-order valence-corrected chi connectivity index (χ1v) is 28.6. The number of halogens is 2. The third-order valence-corrected chi connectivity index (χ3v) is 17.7. The fraction of sp³-hybridized carbons (Fsp3) is 0.492. The van der Waals surface area contributed by atoms with Crippen LogP contribution in [0.25, 0.3) is 43.4 Å². The molecule has 3 amide bonds. The van der Waals surface area contributed by atoms with Crippen LogP contribution in [-0.2, 0) is 14.4 Å². The number of aromatic nitrogens is 5. The summed E-state index contributed by atoms with van der Waals surface area (Å²) in [5, 5.41) is 39.7. The van der Waals surface area contributed by atoms with Gasteiger partial charge in [0.15, 0.2) is 5.82 Å². The van der Waals surface area contributed by atoms with Gasteiger partial charge in [0.1, 0.15) is 47.3 Å². The number of rotatable bonds is 16. The van der Waals surface area contributed by atoms with Gasteiger partial charge in [0.25, 0.3) is 0 Å². The molecule has 2 bridgehead atoms. The number of hydrogen-bond acceptors (Lipinski definition) is 16. The number of aryl methyl sites for hydroxylation is 1. The number of carbonyl (C=O) groups excluding carboxylic acids is 3. The highest BCUT2D eigenvalue weighted by molar-refractivity contribution is 7.13. The van der Waals surface area contributed by atoms with E-state index in [-0.39, 0.29) is 95.6 Å². The quantitative estimate of drug-likeness (QED) is 0.0660. The van der Waals surface area contributed by atoms with E-state index in [2.05, 4.69) is 46.3 Å². The maximum Gasteiger partial charge on any atom is 0.319 e. The van der Waals surface area contributed by atoms with Crippen LogP contribution in [0.3, 0.4) is 0 Å². The number of aliphatic hydroxyl groups is 2. The number of thiazole rings is 1. The smallest absolute Gasteiger partial charge is 0.319 e. The summed E-state index contributed by atoms with van der Waals surface area (Å²) in [6, 6.07) is 6.43. The number of phenols is 1. The van der Waals surface area contributed by atoms with Gasteiger partial charge in [-0.05, 0) is 100 Å². The second-order valence-electron chi connectivity index (χ2n) is 23.1. The number of nitrogens with zero attached hydrogens (tertiary/aromatic N) is 9. The molecule has 1 unspecified atom stereocenters. The minimum absolute atomic E-state index is 0.00112. The molecule has 8 atom stereocenters. The zero-order valence-electron chi connectivity index (χ0n) is 45.4. The second kappa shape index (κ2) is 22.5. The van der Waals surface area contributed by atoms with Gasteiger partial charge in [-0.15, -0.1) is 17.8 Å². The van der Waals surface area contributed by atoms with E-state index in [1.165, 1.54) is 46.7 Å². The minimum Gasteiger partial charge on any atom is -0.508 e. The number of pyridine rings is 2. The van der Waals surface area contributed by atoms with Gasteiger partial charge in [-0.3, -0.25) is 29.3 Å². The van der Waals surface area contributed by atoms with Crippen LogP contribution in [0.4, 0.5) is 14.6 Å². The number of hydrogen-bond donors (Lipinski definition) is 5. The second-order valence-corrected chi connectivity index (χ2v) is 24.0. The highest BCUT2D eigenvalue weighted by atomic mass is 32.1. The Hall–Kier alpha value is -6.96. The van der Waals surface area contributed by atoms with Crippen molar-refractivity contribution in [1.29, 1.82) is 0 Å². The Morgan fingerprint density at radius 2 is 1.81 bits per heavy atom. The molecule has 21 heteroatoms. The van der Waals surface area contributed by atoms with Gasteiger partial charge >= 0.3 is 6.01 Å². The Labute approximate surface area is 467 Å². The molecule has 0 saturated carbocycles. The molecular weight excluding hydrogens is 1040 g/mol. The van der Waals surface area contributed by atoms with E-state index in [0.29, 0.717) is 61.2 Å². The Balaban J connectivity index is 0.779. The lowest BCUT2D eigenvalue weighted by Crippen LogP contribution is -2.60. The summed E-state index contributed by atoms with van der Waals surface area (Å²) in [4.78, 5) is 74.6. The molecule has 0 aliphatic carbocycles. The van der Waals surface area contributed by atoms with Crippen molar-refractivity contribution in [1.82, 2.24) is 50.3 Å². The summed E-state index contributed by atoms with van der Waals surface area (Å²) in [6.45, 7) is 10.1. The Morgan fingerprint density at radius 3 is 2.52 bits per heavy atom. The number of β-amino-alcohol motifs (C(OH)–C–C–N with tert-alkyl or cyclic N) is 1. The summed E-state index contributed by atoms with van der Waals surface area (Å²) in [6.07, 6.45) is 14.0. The van der Waals surface area contributed by atoms with Crippen molar-refractivity contribution < 1.29 is 43.2 Å². The Bertz CT molecular complexity index is 3380. The average Bonchev–Trinajstić information content (AvgIpc) is 4.15. The van der Waals surface area contributed by atoms with Crippen molar-refractivity contribution in [2.24, 2.45) is 5.41 Å². The highest BCUT2D eigenvalue weighted by Gasteiger charge is 2.50. The molecule has 5 aliphatic rings. The van der Waals surface area contributed by atoms with E-state index in [9.17, 15) is 29.7 Å². The van der Waals surface area contributed by atoms with Gasteiger partial charge in [-0.2, -0.15) is 9.97 Å². The lowest BCUT2D eigenvalue weighted by Gasteiger charge is -2.43. The maximum absolute atomic E-state index is 17.3. The summed E-state index contributed by atoms with van der Waals surface area (Å²) in [5.41, 5.74) is 3.04. The van der Waals surface area contributed by atoms with Crippen LogP contribution >= 0.6 is 11.3 Å². The molecule has 0 spiro atoms. The first kappa shape index (κ1) is 55.0. The minimum atomic E-state index is -1.04. The lowest BCUT2D eigenvalue weighted by molar-refractivity contribution is -0.152. The zero-order valence-corrected chi connectivity index (χ0v) is 46.2. The summed E-state index contributed by atoms with van der Waals surface area (Å²) < 4.78 is 38.9. The van der Waals surface area contributed by atoms with E-state index >= 15 is 8.78 Å². The van der Waals surface area contributed by atoms with Crippen LogP contribution in [0.2, 0.25) is 0 Å². The van der Waals surface area contributed by atoms with Gasteiger partial charge in [0.05, 0.1) is 51.5 Å². The van der Waals surface area contributed by atoms with Crippen molar-refractivity contribution in [2.45, 2.75) is 134 Å². The fourth-order valence-electron chi connectivity index (χ4n) is 12.9. The molecule has 5 fully saturated rings. The molecule has 9 heterocycles. The number of ether oxygens (including phenoxy) is 1. The molecule has 6 aromatic rings. The lowest BCUT2D eigenvalue weighted by atomic mass is 9.83. The number of carbonyl (C=O) groups is 3. The molecule has 4 aromatic heterocycles. The molecular formula is C59H67F2N11O7S. The number of terminal acetylenes is 1. The van der Waals surface area contributed by atoms with Crippen LogP contribution < -0.4 is 20.3 Å². The Morgan fingerprint density at radius 1 is 1.01 bits per heavy atom. The highest BCUT2D eigenvalue weighted by Crippen LogP contribution is 2.41. The van der Waals surface area contributed by atoms with Crippen molar-refractivity contribution >= 4 is 56.6 Å². The molecule has 2 aromatic carbocycles. The number of phenolic OH excluding ortho intramolecular Hbond substituents is 1. The summed E-state index contributed by atoms with van der Waals surface area (Å²) in [7, 11) is 0. The first-order chi connectivity index (χ1) is 38.5.